The van der Waals surface area contributed by atoms with E-state index in [2.05, 4.69) is 51.9 Å². The third-order valence-electron chi connectivity index (χ3n) is 4.03. The molecule has 0 radical (unpaired) electrons. The average molecular weight is 292 g/mol. The molecule has 0 bridgehead atoms. The highest BCUT2D eigenvalue weighted by molar-refractivity contribution is 9.10. The van der Waals surface area contributed by atoms with Gasteiger partial charge in [-0.1, -0.05) is 35.2 Å². The number of hydrogen-bond acceptors (Lipinski definition) is 0. The fraction of sp³-hybridized carbons (Fsp3) is 0.467. The molecule has 1 aromatic heterocycles. The lowest BCUT2D eigenvalue weighted by Crippen LogP contribution is -2.03. The maximum atomic E-state index is 3.59. The van der Waals surface area contributed by atoms with Crippen LogP contribution in [0.15, 0.2) is 28.9 Å². The van der Waals surface area contributed by atoms with E-state index in [1.807, 2.05) is 0 Å². The Morgan fingerprint density at radius 2 is 1.94 bits per heavy atom. The summed E-state index contributed by atoms with van der Waals surface area (Å²) in [7, 11) is 2.16. The van der Waals surface area contributed by atoms with Crippen LogP contribution in [0.25, 0.3) is 10.9 Å². The van der Waals surface area contributed by atoms with Gasteiger partial charge in [0.05, 0.1) is 0 Å². The van der Waals surface area contributed by atoms with E-state index >= 15 is 0 Å². The van der Waals surface area contributed by atoms with Gasteiger partial charge in [-0.2, -0.15) is 0 Å². The first-order valence-corrected chi connectivity index (χ1v) is 7.29. The monoisotopic (exact) mass is 291 g/mol. The Morgan fingerprint density at radius 1 is 1.18 bits per heavy atom. The second-order valence-electron chi connectivity index (χ2n) is 5.19. The van der Waals surface area contributed by atoms with Gasteiger partial charge in [0.25, 0.3) is 0 Å². The minimum Gasteiger partial charge on any atom is -0.350 e. The number of aromatic nitrogens is 1. The van der Waals surface area contributed by atoms with Crippen LogP contribution in [-0.2, 0) is 7.05 Å². The quantitative estimate of drug-likeness (QED) is 0.698. The third kappa shape index (κ3) is 2.03. The summed E-state index contributed by atoms with van der Waals surface area (Å²) >= 11 is 3.59. The molecule has 1 saturated carbocycles. The summed E-state index contributed by atoms with van der Waals surface area (Å²) in [6.07, 6.45) is 9.29. The van der Waals surface area contributed by atoms with E-state index in [0.29, 0.717) is 0 Å². The van der Waals surface area contributed by atoms with Crippen molar-refractivity contribution in [3.8, 4) is 0 Å². The molecule has 1 fully saturated rings. The minimum atomic E-state index is 0.779. The fourth-order valence-electron chi connectivity index (χ4n) is 3.13. The van der Waals surface area contributed by atoms with Gasteiger partial charge in [0.15, 0.2) is 0 Å². The predicted octanol–water partition coefficient (Wildman–Crippen LogP) is 4.99. The number of rotatable bonds is 1. The third-order valence-corrected chi connectivity index (χ3v) is 4.52. The summed E-state index contributed by atoms with van der Waals surface area (Å²) in [5.74, 6) is 0.779. The van der Waals surface area contributed by atoms with Crippen molar-refractivity contribution in [2.45, 2.75) is 38.0 Å². The van der Waals surface area contributed by atoms with Crippen LogP contribution in [-0.4, -0.2) is 4.57 Å². The Balaban J connectivity index is 2.11. The molecule has 90 valence electrons. The van der Waals surface area contributed by atoms with Gasteiger partial charge in [0, 0.05) is 28.6 Å². The molecule has 17 heavy (non-hydrogen) atoms. The molecule has 1 aromatic carbocycles. The molecule has 0 spiro atoms. The van der Waals surface area contributed by atoms with Crippen molar-refractivity contribution < 1.29 is 0 Å². The van der Waals surface area contributed by atoms with E-state index in [0.717, 1.165) is 5.92 Å². The number of aryl methyl sites for hydroxylation is 1. The molecule has 2 heteroatoms. The molecule has 1 heterocycles. The summed E-state index contributed by atoms with van der Waals surface area (Å²) in [6, 6.07) is 6.62. The molecule has 1 aliphatic rings. The summed E-state index contributed by atoms with van der Waals surface area (Å²) in [5, 5.41) is 1.44. The average Bonchev–Trinajstić information content (AvgIpc) is 2.67. The summed E-state index contributed by atoms with van der Waals surface area (Å²) in [5.41, 5.74) is 2.91. The van der Waals surface area contributed by atoms with E-state index in [9.17, 15) is 0 Å². The summed E-state index contributed by atoms with van der Waals surface area (Å²) in [4.78, 5) is 0. The topological polar surface area (TPSA) is 4.93 Å². The molecule has 0 aliphatic heterocycles. The van der Waals surface area contributed by atoms with Crippen molar-refractivity contribution in [1.29, 1.82) is 0 Å². The van der Waals surface area contributed by atoms with Gasteiger partial charge in [-0.3, -0.25) is 0 Å². The lowest BCUT2D eigenvalue weighted by atomic mass is 9.84. The molecule has 1 nitrogen and oxygen atoms in total. The summed E-state index contributed by atoms with van der Waals surface area (Å²) in [6.45, 7) is 0. The van der Waals surface area contributed by atoms with Gasteiger partial charge in [-0.15, -0.1) is 0 Å². The van der Waals surface area contributed by atoms with Crippen molar-refractivity contribution in [3.63, 3.8) is 0 Å². The molecular weight excluding hydrogens is 274 g/mol. The SMILES string of the molecule is Cn1cc(C2CCCCC2)c2cc(Br)ccc21. The molecule has 2 aromatic rings. The highest BCUT2D eigenvalue weighted by Crippen LogP contribution is 2.37. The lowest BCUT2D eigenvalue weighted by molar-refractivity contribution is 0.445. The van der Waals surface area contributed by atoms with Crippen LogP contribution < -0.4 is 0 Å². The van der Waals surface area contributed by atoms with Crippen molar-refractivity contribution in [2.75, 3.05) is 0 Å². The first kappa shape index (κ1) is 11.3. The maximum absolute atomic E-state index is 3.59. The zero-order chi connectivity index (χ0) is 11.8. The van der Waals surface area contributed by atoms with Crippen LogP contribution in [0.2, 0.25) is 0 Å². The Labute approximate surface area is 111 Å². The van der Waals surface area contributed by atoms with Crippen LogP contribution in [0.4, 0.5) is 0 Å². The van der Waals surface area contributed by atoms with Crippen LogP contribution in [0.3, 0.4) is 0 Å². The maximum Gasteiger partial charge on any atom is 0.0481 e. The highest BCUT2D eigenvalue weighted by atomic mass is 79.9. The van der Waals surface area contributed by atoms with E-state index in [-0.39, 0.29) is 0 Å². The molecule has 0 amide bonds. The first-order valence-electron chi connectivity index (χ1n) is 6.50. The summed E-state index contributed by atoms with van der Waals surface area (Å²) < 4.78 is 3.46. The lowest BCUT2D eigenvalue weighted by Gasteiger charge is -2.21. The second kappa shape index (κ2) is 4.49. The first-order chi connectivity index (χ1) is 8.25. The predicted molar refractivity (Wildman–Crippen MR) is 76.4 cm³/mol. The van der Waals surface area contributed by atoms with Crippen LogP contribution in [0, 0.1) is 0 Å². The Morgan fingerprint density at radius 3 is 2.71 bits per heavy atom. The second-order valence-corrected chi connectivity index (χ2v) is 6.11. The van der Waals surface area contributed by atoms with Gasteiger partial charge < -0.3 is 4.57 Å². The Hall–Kier alpha value is -0.760. The normalized spacial score (nSPS) is 17.8. The minimum absolute atomic E-state index is 0.779. The van der Waals surface area contributed by atoms with E-state index < -0.39 is 0 Å². The molecule has 0 atom stereocenters. The van der Waals surface area contributed by atoms with Crippen molar-refractivity contribution in [3.05, 3.63) is 34.4 Å². The zero-order valence-electron chi connectivity index (χ0n) is 10.2. The van der Waals surface area contributed by atoms with Gasteiger partial charge in [0.1, 0.15) is 0 Å². The fourth-order valence-corrected chi connectivity index (χ4v) is 3.49. The number of nitrogens with zero attached hydrogens (tertiary/aromatic N) is 1. The van der Waals surface area contributed by atoms with E-state index in [1.165, 1.54) is 47.5 Å². The van der Waals surface area contributed by atoms with Gasteiger partial charge in [-0.25, -0.2) is 0 Å². The highest BCUT2D eigenvalue weighted by Gasteiger charge is 2.19. The van der Waals surface area contributed by atoms with Gasteiger partial charge >= 0.3 is 0 Å². The Kier molecular flexibility index (Phi) is 2.99. The number of fused-ring (bicyclic) bond motifs is 1. The number of benzene rings is 1. The largest absolute Gasteiger partial charge is 0.350 e. The molecule has 0 N–H and O–H groups in total. The molecule has 0 unspecified atom stereocenters. The number of halogens is 1. The van der Waals surface area contributed by atoms with Gasteiger partial charge in [0.2, 0.25) is 0 Å². The van der Waals surface area contributed by atoms with E-state index in [1.54, 1.807) is 5.56 Å². The molecule has 0 saturated heterocycles. The van der Waals surface area contributed by atoms with Gasteiger partial charge in [-0.05, 0) is 42.5 Å². The van der Waals surface area contributed by atoms with Crippen molar-refractivity contribution >= 4 is 26.8 Å². The van der Waals surface area contributed by atoms with Crippen LogP contribution in [0.1, 0.15) is 43.6 Å². The smallest absolute Gasteiger partial charge is 0.0481 e. The van der Waals surface area contributed by atoms with Crippen LogP contribution in [0.5, 0.6) is 0 Å². The molecule has 3 rings (SSSR count). The standard InChI is InChI=1S/C15H18BrN/c1-17-10-14(11-5-3-2-4-6-11)13-9-12(16)7-8-15(13)17/h7-11H,2-6H2,1H3. The van der Waals surface area contributed by atoms with Crippen molar-refractivity contribution in [1.82, 2.24) is 4.57 Å². The zero-order valence-corrected chi connectivity index (χ0v) is 11.8. The van der Waals surface area contributed by atoms with E-state index in [4.69, 9.17) is 0 Å². The number of hydrogen-bond donors (Lipinski definition) is 0. The molecule has 1 aliphatic carbocycles. The van der Waals surface area contributed by atoms with Crippen molar-refractivity contribution in [2.24, 2.45) is 7.05 Å². The van der Waals surface area contributed by atoms with Crippen LogP contribution >= 0.6 is 15.9 Å². The molecular formula is C15H18BrN. The Bertz CT molecular complexity index is 535.